The molecule has 0 aliphatic rings. The number of anilines is 1. The van der Waals surface area contributed by atoms with Crippen LogP contribution in [-0.2, 0) is 0 Å². The van der Waals surface area contributed by atoms with E-state index in [1.807, 2.05) is 31.2 Å². The summed E-state index contributed by atoms with van der Waals surface area (Å²) in [6.07, 6.45) is 1.36. The van der Waals surface area contributed by atoms with Gasteiger partial charge < -0.3 is 5.32 Å². The molecule has 0 unspecified atom stereocenters. The van der Waals surface area contributed by atoms with Crippen LogP contribution in [0.25, 0.3) is 0 Å². The molecule has 21 heavy (non-hydrogen) atoms. The van der Waals surface area contributed by atoms with E-state index >= 15 is 0 Å². The van der Waals surface area contributed by atoms with Crippen LogP contribution in [0.3, 0.4) is 0 Å². The predicted octanol–water partition coefficient (Wildman–Crippen LogP) is 3.59. The summed E-state index contributed by atoms with van der Waals surface area (Å²) in [7, 11) is 0. The lowest BCUT2D eigenvalue weighted by Crippen LogP contribution is -2.24. The summed E-state index contributed by atoms with van der Waals surface area (Å²) in [5.41, 5.74) is 4.97. The number of halogens is 2. The number of nitrogens with zero attached hydrogens (tertiary/aromatic N) is 1. The van der Waals surface area contributed by atoms with E-state index in [0.29, 0.717) is 10.7 Å². The van der Waals surface area contributed by atoms with Gasteiger partial charge in [0, 0.05) is 5.69 Å². The lowest BCUT2D eigenvalue weighted by molar-refractivity contribution is 0.508. The molecule has 0 saturated heterocycles. The van der Waals surface area contributed by atoms with Gasteiger partial charge in [-0.05, 0) is 48.5 Å². The van der Waals surface area contributed by atoms with Gasteiger partial charge >= 0.3 is 0 Å². The van der Waals surface area contributed by atoms with Gasteiger partial charge in [-0.3, -0.25) is 5.43 Å². The first-order chi connectivity index (χ1) is 10.1. The Balaban J connectivity index is 1.93. The Bertz CT molecular complexity index is 686. The molecule has 108 valence electrons. The van der Waals surface area contributed by atoms with Crippen molar-refractivity contribution in [2.45, 2.75) is 6.92 Å². The fraction of sp³-hybridized carbons (Fsp3) is 0.0667. The van der Waals surface area contributed by atoms with E-state index in [0.717, 1.165) is 23.4 Å². The van der Waals surface area contributed by atoms with Crippen molar-refractivity contribution in [3.63, 3.8) is 0 Å². The summed E-state index contributed by atoms with van der Waals surface area (Å²) < 4.78 is 25.8. The number of rotatable bonds is 3. The van der Waals surface area contributed by atoms with Gasteiger partial charge in [0.15, 0.2) is 16.7 Å². The summed E-state index contributed by atoms with van der Waals surface area (Å²) in [5.74, 6) is -1.81. The zero-order valence-electron chi connectivity index (χ0n) is 11.2. The molecule has 2 aromatic carbocycles. The minimum atomic E-state index is -0.917. The molecule has 0 atom stereocenters. The van der Waals surface area contributed by atoms with Crippen molar-refractivity contribution in [3.05, 3.63) is 65.2 Å². The normalized spacial score (nSPS) is 10.6. The second-order valence-electron chi connectivity index (χ2n) is 4.31. The molecular weight excluding hydrogens is 292 g/mol. The standard InChI is InChI=1S/C15H13F2N3S/c1-10-4-2-3-5-14(10)19-15(21)20-18-9-11-6-7-12(16)13(17)8-11/h2-9H,1H3,(H2,19,20,21)/b18-9-. The topological polar surface area (TPSA) is 36.4 Å². The van der Waals surface area contributed by atoms with Crippen LogP contribution in [0, 0.1) is 18.6 Å². The molecule has 2 rings (SSSR count). The molecule has 0 aliphatic heterocycles. The van der Waals surface area contributed by atoms with Crippen molar-refractivity contribution in [1.82, 2.24) is 5.43 Å². The Morgan fingerprint density at radius 1 is 1.14 bits per heavy atom. The average molecular weight is 305 g/mol. The van der Waals surface area contributed by atoms with E-state index in [9.17, 15) is 8.78 Å². The maximum atomic E-state index is 13.0. The van der Waals surface area contributed by atoms with Crippen LogP contribution in [0.15, 0.2) is 47.6 Å². The van der Waals surface area contributed by atoms with Gasteiger partial charge in [0.1, 0.15) is 0 Å². The van der Waals surface area contributed by atoms with Crippen molar-refractivity contribution >= 4 is 29.2 Å². The molecular formula is C15H13F2N3S. The average Bonchev–Trinajstić information content (AvgIpc) is 2.45. The van der Waals surface area contributed by atoms with E-state index < -0.39 is 11.6 Å². The summed E-state index contributed by atoms with van der Waals surface area (Å²) in [6.45, 7) is 1.95. The number of hydrogen-bond acceptors (Lipinski definition) is 2. The molecule has 2 aromatic rings. The molecule has 0 spiro atoms. The highest BCUT2D eigenvalue weighted by Crippen LogP contribution is 2.12. The molecule has 0 radical (unpaired) electrons. The lowest BCUT2D eigenvalue weighted by Gasteiger charge is -2.09. The van der Waals surface area contributed by atoms with Crippen molar-refractivity contribution < 1.29 is 8.78 Å². The number of thiocarbonyl (C=S) groups is 1. The molecule has 0 fully saturated rings. The van der Waals surface area contributed by atoms with Gasteiger partial charge in [0.05, 0.1) is 6.21 Å². The van der Waals surface area contributed by atoms with E-state index in [2.05, 4.69) is 15.8 Å². The largest absolute Gasteiger partial charge is 0.331 e. The number of nitrogens with one attached hydrogen (secondary N) is 2. The summed E-state index contributed by atoms with van der Waals surface area (Å²) in [5, 5.41) is 7.17. The Kier molecular flexibility index (Phi) is 4.94. The number of hydrazone groups is 1. The Labute approximate surface area is 126 Å². The first-order valence-corrected chi connectivity index (χ1v) is 6.58. The van der Waals surface area contributed by atoms with Crippen LogP contribution >= 0.6 is 12.2 Å². The van der Waals surface area contributed by atoms with Gasteiger partial charge in [0.25, 0.3) is 0 Å². The Morgan fingerprint density at radius 3 is 2.62 bits per heavy atom. The Morgan fingerprint density at radius 2 is 1.90 bits per heavy atom. The fourth-order valence-corrected chi connectivity index (χ4v) is 1.78. The minimum absolute atomic E-state index is 0.308. The third-order valence-electron chi connectivity index (χ3n) is 2.72. The zero-order chi connectivity index (χ0) is 15.2. The second-order valence-corrected chi connectivity index (χ2v) is 4.72. The first-order valence-electron chi connectivity index (χ1n) is 6.17. The van der Waals surface area contributed by atoms with Gasteiger partial charge in [-0.15, -0.1) is 0 Å². The molecule has 0 heterocycles. The van der Waals surface area contributed by atoms with Gasteiger partial charge in [0.2, 0.25) is 0 Å². The third-order valence-corrected chi connectivity index (χ3v) is 2.91. The molecule has 0 bridgehead atoms. The first kappa shape index (κ1) is 15.1. The van der Waals surface area contributed by atoms with Crippen LogP contribution < -0.4 is 10.7 Å². The van der Waals surface area contributed by atoms with Crippen LogP contribution in [0.2, 0.25) is 0 Å². The molecule has 6 heteroatoms. The SMILES string of the molecule is Cc1ccccc1NC(=S)N/N=C\c1ccc(F)c(F)c1. The molecule has 0 amide bonds. The van der Waals surface area contributed by atoms with E-state index in [-0.39, 0.29) is 0 Å². The summed E-state index contributed by atoms with van der Waals surface area (Å²) >= 11 is 5.09. The minimum Gasteiger partial charge on any atom is -0.331 e. The third kappa shape index (κ3) is 4.32. The fourth-order valence-electron chi connectivity index (χ4n) is 1.62. The number of benzene rings is 2. The van der Waals surface area contributed by atoms with E-state index in [1.165, 1.54) is 12.3 Å². The summed E-state index contributed by atoms with van der Waals surface area (Å²) in [4.78, 5) is 0. The molecule has 0 saturated carbocycles. The monoisotopic (exact) mass is 305 g/mol. The van der Waals surface area contributed by atoms with Crippen LogP contribution in [-0.4, -0.2) is 11.3 Å². The quantitative estimate of drug-likeness (QED) is 0.517. The van der Waals surface area contributed by atoms with Crippen molar-refractivity contribution in [2.24, 2.45) is 5.10 Å². The number of para-hydroxylation sites is 1. The van der Waals surface area contributed by atoms with Crippen molar-refractivity contribution in [3.8, 4) is 0 Å². The maximum Gasteiger partial charge on any atom is 0.191 e. The second kappa shape index (κ2) is 6.90. The highest BCUT2D eigenvalue weighted by atomic mass is 32.1. The number of aryl methyl sites for hydroxylation is 1. The van der Waals surface area contributed by atoms with Crippen molar-refractivity contribution in [2.75, 3.05) is 5.32 Å². The van der Waals surface area contributed by atoms with Crippen LogP contribution in [0.1, 0.15) is 11.1 Å². The Hall–Kier alpha value is -2.34. The van der Waals surface area contributed by atoms with Crippen LogP contribution in [0.5, 0.6) is 0 Å². The maximum absolute atomic E-state index is 13.0. The molecule has 0 aliphatic carbocycles. The van der Waals surface area contributed by atoms with Crippen molar-refractivity contribution in [1.29, 1.82) is 0 Å². The van der Waals surface area contributed by atoms with Crippen LogP contribution in [0.4, 0.5) is 14.5 Å². The number of hydrogen-bond donors (Lipinski definition) is 2. The lowest BCUT2D eigenvalue weighted by atomic mass is 10.2. The molecule has 0 aromatic heterocycles. The molecule has 3 nitrogen and oxygen atoms in total. The van der Waals surface area contributed by atoms with Gasteiger partial charge in [-0.2, -0.15) is 5.10 Å². The molecule has 2 N–H and O–H groups in total. The highest BCUT2D eigenvalue weighted by molar-refractivity contribution is 7.80. The van der Waals surface area contributed by atoms with Gasteiger partial charge in [-0.1, -0.05) is 24.3 Å². The predicted molar refractivity (Wildman–Crippen MR) is 84.5 cm³/mol. The smallest absolute Gasteiger partial charge is 0.191 e. The van der Waals surface area contributed by atoms with Gasteiger partial charge in [-0.25, -0.2) is 8.78 Å². The summed E-state index contributed by atoms with van der Waals surface area (Å²) in [6, 6.07) is 11.2. The van der Waals surface area contributed by atoms with E-state index in [1.54, 1.807) is 0 Å². The highest BCUT2D eigenvalue weighted by Gasteiger charge is 2.01. The zero-order valence-corrected chi connectivity index (χ0v) is 12.0. The van der Waals surface area contributed by atoms with E-state index in [4.69, 9.17) is 12.2 Å².